The highest BCUT2D eigenvalue weighted by atomic mass is 79.9. The maximum atomic E-state index is 12.3. The van der Waals surface area contributed by atoms with Crippen LogP contribution in [0.2, 0.25) is 0 Å². The summed E-state index contributed by atoms with van der Waals surface area (Å²) in [5.41, 5.74) is 6.32. The highest BCUT2D eigenvalue weighted by molar-refractivity contribution is 9.10. The van der Waals surface area contributed by atoms with Crippen LogP contribution in [0.1, 0.15) is 5.56 Å². The first-order valence-corrected chi connectivity index (χ1v) is 8.57. The van der Waals surface area contributed by atoms with Crippen LogP contribution in [0.4, 0.5) is 5.82 Å². The van der Waals surface area contributed by atoms with Crippen molar-refractivity contribution >= 4 is 49.0 Å². The molecule has 110 valence electrons. The molecule has 0 radical (unpaired) electrons. The lowest BCUT2D eigenvalue weighted by Crippen LogP contribution is -2.15. The summed E-state index contributed by atoms with van der Waals surface area (Å²) in [6.07, 6.45) is 1.95. The number of nitrogens with two attached hydrogens (primary N) is 1. The Morgan fingerprint density at radius 1 is 1.29 bits per heavy atom. The number of rotatable bonds is 5. The molecule has 0 atom stereocenters. The van der Waals surface area contributed by atoms with Crippen LogP contribution in [0, 0.1) is 0 Å². The SMILES string of the molecule is NC(=S)Cc1ccc(S(=O)(=O)Nc2ncccc2Br)cc1. The Morgan fingerprint density at radius 3 is 2.52 bits per heavy atom. The lowest BCUT2D eigenvalue weighted by atomic mass is 10.1. The monoisotopic (exact) mass is 385 g/mol. The van der Waals surface area contributed by atoms with E-state index in [4.69, 9.17) is 18.0 Å². The second-order valence-electron chi connectivity index (χ2n) is 4.23. The number of nitrogens with one attached hydrogen (secondary N) is 1. The fourth-order valence-electron chi connectivity index (χ4n) is 1.63. The molecule has 5 nitrogen and oxygen atoms in total. The van der Waals surface area contributed by atoms with E-state index < -0.39 is 10.0 Å². The van der Waals surface area contributed by atoms with Crippen LogP contribution in [0.25, 0.3) is 0 Å². The number of thiocarbonyl (C=S) groups is 1. The number of pyridine rings is 1. The molecule has 0 fully saturated rings. The van der Waals surface area contributed by atoms with Gasteiger partial charge in [-0.05, 0) is 45.8 Å². The maximum Gasteiger partial charge on any atom is 0.263 e. The van der Waals surface area contributed by atoms with Gasteiger partial charge in [0.05, 0.1) is 14.4 Å². The van der Waals surface area contributed by atoms with Gasteiger partial charge < -0.3 is 5.73 Å². The molecule has 21 heavy (non-hydrogen) atoms. The molecular formula is C13H12BrN3O2S2. The Labute approximate surface area is 136 Å². The number of hydrogen-bond donors (Lipinski definition) is 2. The van der Waals surface area contributed by atoms with Crippen molar-refractivity contribution in [3.05, 3.63) is 52.6 Å². The third-order valence-electron chi connectivity index (χ3n) is 2.60. The van der Waals surface area contributed by atoms with E-state index in [-0.39, 0.29) is 10.7 Å². The van der Waals surface area contributed by atoms with Crippen LogP contribution >= 0.6 is 28.1 Å². The van der Waals surface area contributed by atoms with Crippen molar-refractivity contribution in [3.63, 3.8) is 0 Å². The van der Waals surface area contributed by atoms with E-state index in [2.05, 4.69) is 25.6 Å². The molecule has 0 aliphatic carbocycles. The predicted molar refractivity (Wildman–Crippen MR) is 89.7 cm³/mol. The van der Waals surface area contributed by atoms with Crippen LogP contribution in [-0.4, -0.2) is 18.4 Å². The lowest BCUT2D eigenvalue weighted by Gasteiger charge is -2.09. The fraction of sp³-hybridized carbons (Fsp3) is 0.0769. The van der Waals surface area contributed by atoms with Gasteiger partial charge in [0, 0.05) is 12.6 Å². The normalized spacial score (nSPS) is 11.1. The molecule has 1 aromatic carbocycles. The lowest BCUT2D eigenvalue weighted by molar-refractivity contribution is 0.601. The Balaban J connectivity index is 2.24. The van der Waals surface area contributed by atoms with Crippen LogP contribution in [0.3, 0.4) is 0 Å². The molecule has 0 amide bonds. The van der Waals surface area contributed by atoms with Crippen molar-refractivity contribution in [1.29, 1.82) is 0 Å². The standard InChI is InChI=1S/C13H12BrN3O2S2/c14-11-2-1-7-16-13(11)17-21(18,19)10-5-3-9(4-6-10)8-12(15)20/h1-7H,8H2,(H2,15,20)(H,16,17). The van der Waals surface area contributed by atoms with Crippen LogP contribution in [0.15, 0.2) is 52.0 Å². The molecule has 0 spiro atoms. The number of hydrogen-bond acceptors (Lipinski definition) is 4. The Morgan fingerprint density at radius 2 is 1.95 bits per heavy atom. The van der Waals surface area contributed by atoms with Gasteiger partial charge in [-0.1, -0.05) is 24.4 Å². The summed E-state index contributed by atoms with van der Waals surface area (Å²) in [5.74, 6) is 0.240. The second-order valence-corrected chi connectivity index (χ2v) is 7.29. The van der Waals surface area contributed by atoms with Crippen molar-refractivity contribution in [3.8, 4) is 0 Å². The van der Waals surface area contributed by atoms with E-state index in [9.17, 15) is 8.42 Å². The van der Waals surface area contributed by atoms with E-state index >= 15 is 0 Å². The summed E-state index contributed by atoms with van der Waals surface area (Å²) in [6.45, 7) is 0. The van der Waals surface area contributed by atoms with E-state index in [0.717, 1.165) is 5.56 Å². The first-order valence-electron chi connectivity index (χ1n) is 5.89. The summed E-state index contributed by atoms with van der Waals surface area (Å²) < 4.78 is 27.5. The molecule has 0 saturated carbocycles. The Kier molecular flexibility index (Phi) is 4.92. The van der Waals surface area contributed by atoms with Gasteiger partial charge in [0.1, 0.15) is 0 Å². The van der Waals surface area contributed by atoms with E-state index in [1.165, 1.54) is 18.3 Å². The van der Waals surface area contributed by atoms with Crippen LogP contribution < -0.4 is 10.5 Å². The zero-order chi connectivity index (χ0) is 15.5. The quantitative estimate of drug-likeness (QED) is 0.772. The Hall–Kier alpha value is -1.51. The molecule has 1 aromatic heterocycles. The van der Waals surface area contributed by atoms with Gasteiger partial charge >= 0.3 is 0 Å². The van der Waals surface area contributed by atoms with Gasteiger partial charge in [-0.15, -0.1) is 0 Å². The van der Waals surface area contributed by atoms with Crippen molar-refractivity contribution in [2.75, 3.05) is 4.72 Å². The molecule has 0 unspecified atom stereocenters. The first-order chi connectivity index (χ1) is 9.88. The smallest absolute Gasteiger partial charge is 0.263 e. The van der Waals surface area contributed by atoms with Crippen LogP contribution in [-0.2, 0) is 16.4 Å². The van der Waals surface area contributed by atoms with Crippen molar-refractivity contribution in [1.82, 2.24) is 4.98 Å². The number of halogens is 1. The van der Waals surface area contributed by atoms with Crippen molar-refractivity contribution < 1.29 is 8.42 Å². The van der Waals surface area contributed by atoms with Gasteiger partial charge in [0.25, 0.3) is 10.0 Å². The average molecular weight is 386 g/mol. The Bertz CT molecular complexity index is 761. The predicted octanol–water partition coefficient (Wildman–Crippen LogP) is 2.47. The number of sulfonamides is 1. The van der Waals surface area contributed by atoms with Crippen molar-refractivity contribution in [2.24, 2.45) is 5.73 Å². The average Bonchev–Trinajstić information content (AvgIpc) is 2.41. The van der Waals surface area contributed by atoms with Gasteiger partial charge in [-0.3, -0.25) is 4.72 Å². The van der Waals surface area contributed by atoms with Gasteiger partial charge in [0.15, 0.2) is 5.82 Å². The third kappa shape index (κ3) is 4.23. The molecule has 3 N–H and O–H groups in total. The molecule has 0 aliphatic heterocycles. The van der Waals surface area contributed by atoms with E-state index in [1.807, 2.05) is 0 Å². The molecule has 2 rings (SSSR count). The largest absolute Gasteiger partial charge is 0.393 e. The number of anilines is 1. The molecule has 0 aliphatic rings. The van der Waals surface area contributed by atoms with E-state index in [0.29, 0.717) is 15.9 Å². The summed E-state index contributed by atoms with van der Waals surface area (Å²) in [4.78, 5) is 4.48. The fourth-order valence-corrected chi connectivity index (χ4v) is 3.32. The molecule has 0 bridgehead atoms. The van der Waals surface area contributed by atoms with Crippen LogP contribution in [0.5, 0.6) is 0 Å². The first kappa shape index (κ1) is 15.9. The minimum Gasteiger partial charge on any atom is -0.393 e. The van der Waals surface area contributed by atoms with Gasteiger partial charge in [-0.25, -0.2) is 13.4 Å². The number of nitrogens with zero attached hydrogens (tertiary/aromatic N) is 1. The summed E-state index contributed by atoms with van der Waals surface area (Å²) >= 11 is 8.06. The minimum atomic E-state index is -3.69. The molecule has 0 saturated heterocycles. The third-order valence-corrected chi connectivity index (χ3v) is 4.74. The van der Waals surface area contributed by atoms with Crippen molar-refractivity contribution in [2.45, 2.75) is 11.3 Å². The molecule has 8 heteroatoms. The van der Waals surface area contributed by atoms with Gasteiger partial charge in [0.2, 0.25) is 0 Å². The summed E-state index contributed by atoms with van der Waals surface area (Å²) in [7, 11) is -3.69. The number of benzene rings is 1. The van der Waals surface area contributed by atoms with E-state index in [1.54, 1.807) is 24.3 Å². The minimum absolute atomic E-state index is 0.145. The molecule has 1 heterocycles. The summed E-state index contributed by atoms with van der Waals surface area (Å²) in [5, 5.41) is 0. The molecular weight excluding hydrogens is 374 g/mol. The maximum absolute atomic E-state index is 12.3. The van der Waals surface area contributed by atoms with Gasteiger partial charge in [-0.2, -0.15) is 0 Å². The number of aromatic nitrogens is 1. The molecule has 2 aromatic rings. The summed E-state index contributed by atoms with van der Waals surface area (Å²) in [6, 6.07) is 9.78. The zero-order valence-electron chi connectivity index (χ0n) is 10.8. The zero-order valence-corrected chi connectivity index (χ0v) is 14.0. The highest BCUT2D eigenvalue weighted by Crippen LogP contribution is 2.22. The topological polar surface area (TPSA) is 85.1 Å². The highest BCUT2D eigenvalue weighted by Gasteiger charge is 2.16. The second kappa shape index (κ2) is 6.50.